The Morgan fingerprint density at radius 3 is 2.60 bits per heavy atom. The highest BCUT2D eigenvalue weighted by Gasteiger charge is 2.44. The summed E-state index contributed by atoms with van der Waals surface area (Å²) in [6.07, 6.45) is -5.96. The van der Waals surface area contributed by atoms with Gasteiger partial charge in [-0.05, 0) is 11.8 Å². The molecule has 0 amide bonds. The zero-order valence-electron chi connectivity index (χ0n) is 13.8. The average molecular weight is 354 g/mol. The fourth-order valence-electron chi connectivity index (χ4n) is 1.95. The summed E-state index contributed by atoms with van der Waals surface area (Å²) in [5.41, 5.74) is 0. The third-order valence-corrected chi connectivity index (χ3v) is 3.39. The first kappa shape index (κ1) is 21.1. The minimum Gasteiger partial charge on any atom is -0.469 e. The Morgan fingerprint density at radius 1 is 1.28 bits per heavy atom. The van der Waals surface area contributed by atoms with Crippen molar-refractivity contribution < 1.29 is 39.4 Å². The van der Waals surface area contributed by atoms with Crippen LogP contribution in [0.2, 0.25) is 0 Å². The van der Waals surface area contributed by atoms with Crippen LogP contribution in [0.3, 0.4) is 0 Å². The number of carbonyl (C=O) groups is 1. The number of aliphatic hydroxyl groups is 4. The number of esters is 1. The third-order valence-electron chi connectivity index (χ3n) is 3.39. The van der Waals surface area contributed by atoms with Gasteiger partial charge >= 0.3 is 5.97 Å². The van der Waals surface area contributed by atoms with Crippen molar-refractivity contribution in [1.29, 1.82) is 0 Å². The van der Waals surface area contributed by atoms with Crippen molar-refractivity contribution in [2.75, 3.05) is 13.7 Å². The Bertz CT molecular complexity index is 565. The van der Waals surface area contributed by atoms with E-state index in [2.05, 4.69) is 35.0 Å². The van der Waals surface area contributed by atoms with E-state index in [1.807, 2.05) is 0 Å². The van der Waals surface area contributed by atoms with Crippen LogP contribution in [0, 0.1) is 23.7 Å². The van der Waals surface area contributed by atoms with Crippen molar-refractivity contribution in [3.05, 3.63) is 12.7 Å². The van der Waals surface area contributed by atoms with E-state index in [-0.39, 0.29) is 12.4 Å². The van der Waals surface area contributed by atoms with Crippen LogP contribution in [0.4, 0.5) is 0 Å². The number of aliphatic hydroxyl groups excluding tert-OH is 4. The minimum absolute atomic E-state index is 0.164. The summed E-state index contributed by atoms with van der Waals surface area (Å²) >= 11 is 0. The first-order valence-corrected chi connectivity index (χ1v) is 7.58. The fraction of sp³-hybridized carbons (Fsp3) is 0.588. The van der Waals surface area contributed by atoms with Crippen molar-refractivity contribution in [3.8, 4) is 23.7 Å². The van der Waals surface area contributed by atoms with Gasteiger partial charge in [0.1, 0.15) is 30.5 Å². The maximum atomic E-state index is 10.9. The van der Waals surface area contributed by atoms with Crippen LogP contribution >= 0.6 is 0 Å². The molecule has 0 bridgehead atoms. The lowest BCUT2D eigenvalue weighted by atomic mass is 9.99. The summed E-state index contributed by atoms with van der Waals surface area (Å²) in [6.45, 7) is 2.98. The van der Waals surface area contributed by atoms with E-state index in [0.717, 1.165) is 0 Å². The highest BCUT2D eigenvalue weighted by atomic mass is 16.7. The maximum Gasteiger partial charge on any atom is 0.306 e. The molecule has 0 aromatic carbocycles. The predicted molar refractivity (Wildman–Crippen MR) is 85.6 cm³/mol. The van der Waals surface area contributed by atoms with Gasteiger partial charge in [-0.25, -0.2) is 0 Å². The van der Waals surface area contributed by atoms with E-state index in [1.165, 1.54) is 13.2 Å². The first-order chi connectivity index (χ1) is 11.9. The molecule has 1 heterocycles. The van der Waals surface area contributed by atoms with Gasteiger partial charge < -0.3 is 34.6 Å². The molecule has 1 aliphatic heterocycles. The Kier molecular flexibility index (Phi) is 9.17. The Labute approximate surface area is 146 Å². The largest absolute Gasteiger partial charge is 0.469 e. The monoisotopic (exact) mass is 354 g/mol. The lowest BCUT2D eigenvalue weighted by Crippen LogP contribution is -2.59. The predicted octanol–water partition coefficient (Wildman–Crippen LogP) is -1.68. The summed E-state index contributed by atoms with van der Waals surface area (Å²) in [5, 5.41) is 38.4. The van der Waals surface area contributed by atoms with Crippen molar-refractivity contribution in [3.63, 3.8) is 0 Å². The van der Waals surface area contributed by atoms with Crippen LogP contribution in [-0.4, -0.2) is 76.9 Å². The van der Waals surface area contributed by atoms with Gasteiger partial charge in [0, 0.05) is 6.42 Å². The van der Waals surface area contributed by atoms with Gasteiger partial charge in [0.05, 0.1) is 20.1 Å². The molecule has 0 radical (unpaired) electrons. The van der Waals surface area contributed by atoms with E-state index >= 15 is 0 Å². The van der Waals surface area contributed by atoms with Crippen LogP contribution < -0.4 is 0 Å². The van der Waals surface area contributed by atoms with Crippen molar-refractivity contribution in [2.24, 2.45) is 0 Å². The molecule has 6 atom stereocenters. The van der Waals surface area contributed by atoms with Crippen LogP contribution in [0.1, 0.15) is 12.8 Å². The summed E-state index contributed by atoms with van der Waals surface area (Å²) in [4.78, 5) is 10.9. The molecule has 0 unspecified atom stereocenters. The van der Waals surface area contributed by atoms with Crippen molar-refractivity contribution >= 4 is 5.97 Å². The van der Waals surface area contributed by atoms with E-state index in [1.54, 1.807) is 0 Å². The lowest BCUT2D eigenvalue weighted by Gasteiger charge is -2.40. The maximum absolute atomic E-state index is 10.9. The SMILES string of the molecule is C=C[C@H](C#CC#CCCC(=O)OC)O[C@@H]1O[C@@H](CO)[C@@H](O)[C@@H](O)[C@@H]1O. The quantitative estimate of drug-likeness (QED) is 0.253. The smallest absolute Gasteiger partial charge is 0.306 e. The van der Waals surface area contributed by atoms with E-state index in [0.29, 0.717) is 6.42 Å². The highest BCUT2D eigenvalue weighted by Crippen LogP contribution is 2.22. The minimum atomic E-state index is -1.53. The molecule has 8 heteroatoms. The average Bonchev–Trinajstić information content (AvgIpc) is 2.63. The molecule has 0 aromatic heterocycles. The van der Waals surface area contributed by atoms with Crippen molar-refractivity contribution in [1.82, 2.24) is 0 Å². The summed E-state index contributed by atoms with van der Waals surface area (Å²) < 4.78 is 15.1. The highest BCUT2D eigenvalue weighted by molar-refractivity contribution is 5.69. The van der Waals surface area contributed by atoms with Crippen LogP contribution in [0.5, 0.6) is 0 Å². The van der Waals surface area contributed by atoms with E-state index < -0.39 is 43.4 Å². The third kappa shape index (κ3) is 6.48. The van der Waals surface area contributed by atoms with Gasteiger partial charge in [0.2, 0.25) is 0 Å². The van der Waals surface area contributed by atoms with Gasteiger partial charge in [-0.3, -0.25) is 4.79 Å². The molecule has 1 saturated heterocycles. The number of methoxy groups -OCH3 is 1. The number of ether oxygens (including phenoxy) is 3. The Balaban J connectivity index is 2.61. The van der Waals surface area contributed by atoms with Crippen LogP contribution in [0.25, 0.3) is 0 Å². The number of hydrogen-bond acceptors (Lipinski definition) is 8. The van der Waals surface area contributed by atoms with Crippen LogP contribution in [0.15, 0.2) is 12.7 Å². The fourth-order valence-corrected chi connectivity index (χ4v) is 1.95. The number of rotatable bonds is 6. The van der Waals surface area contributed by atoms with Gasteiger partial charge in [-0.1, -0.05) is 24.5 Å². The molecule has 1 aliphatic rings. The summed E-state index contributed by atoms with van der Waals surface area (Å²) in [5.74, 6) is 9.98. The normalized spacial score (nSPS) is 29.4. The second-order valence-electron chi connectivity index (χ2n) is 5.14. The number of carbonyl (C=O) groups excluding carboxylic acids is 1. The molecule has 0 saturated carbocycles. The number of hydrogen-bond donors (Lipinski definition) is 4. The lowest BCUT2D eigenvalue weighted by molar-refractivity contribution is -0.303. The molecular weight excluding hydrogens is 332 g/mol. The van der Waals surface area contributed by atoms with E-state index in [4.69, 9.17) is 14.6 Å². The van der Waals surface area contributed by atoms with Crippen LogP contribution in [-0.2, 0) is 19.0 Å². The molecule has 8 nitrogen and oxygen atoms in total. The first-order valence-electron chi connectivity index (χ1n) is 7.58. The second kappa shape index (κ2) is 10.9. The molecule has 25 heavy (non-hydrogen) atoms. The van der Waals surface area contributed by atoms with Gasteiger partial charge in [0.15, 0.2) is 6.29 Å². The topological polar surface area (TPSA) is 126 Å². The van der Waals surface area contributed by atoms with Gasteiger partial charge in [0.25, 0.3) is 0 Å². The molecule has 1 rings (SSSR count). The standard InChI is InChI=1S/C17H22O8/c1-3-11(8-6-4-5-7-9-13(19)23-2)24-17-16(22)15(21)14(20)12(10-18)25-17/h3,11-12,14-18,20-22H,1,7,9-10H2,2H3/t11-,12+,14-,15-,16+,17-/m1/s1. The van der Waals surface area contributed by atoms with Crippen molar-refractivity contribution in [2.45, 2.75) is 49.7 Å². The molecule has 138 valence electrons. The zero-order chi connectivity index (χ0) is 18.8. The van der Waals surface area contributed by atoms with Gasteiger partial charge in [-0.2, -0.15) is 0 Å². The Hall–Kier alpha value is -1.91. The summed E-state index contributed by atoms with van der Waals surface area (Å²) in [7, 11) is 1.29. The second-order valence-corrected chi connectivity index (χ2v) is 5.14. The molecular formula is C17H22O8. The van der Waals surface area contributed by atoms with E-state index in [9.17, 15) is 20.1 Å². The molecule has 0 aromatic rings. The molecule has 1 fully saturated rings. The Morgan fingerprint density at radius 2 is 2.00 bits per heavy atom. The van der Waals surface area contributed by atoms with Gasteiger partial charge in [-0.15, -0.1) is 0 Å². The molecule has 0 spiro atoms. The summed E-state index contributed by atoms with van der Waals surface area (Å²) in [6, 6.07) is 0. The molecule has 4 N–H and O–H groups in total. The molecule has 0 aliphatic carbocycles. The zero-order valence-corrected chi connectivity index (χ0v) is 13.8.